The molecule has 2 aliphatic heterocycles. The fraction of sp³-hybridized carbons (Fsp3) is 0.324. The molecule has 40 heavy (non-hydrogen) atoms. The SMILES string of the molecule is CCCCCCN1c2ccccc2C(=C/C=C/C2=[N+](CC)c3ccc(S(=O)(=O)O)cc3C2(C)C)c2ccccc21. The molecule has 5 rings (SSSR count). The van der Waals surface area contributed by atoms with E-state index in [9.17, 15) is 13.0 Å². The van der Waals surface area contributed by atoms with Gasteiger partial charge in [-0.2, -0.15) is 13.0 Å². The van der Waals surface area contributed by atoms with Crippen LogP contribution in [0.1, 0.15) is 70.1 Å². The van der Waals surface area contributed by atoms with Gasteiger partial charge in [0.15, 0.2) is 5.71 Å². The quantitative estimate of drug-likeness (QED) is 0.165. The van der Waals surface area contributed by atoms with Gasteiger partial charge >= 0.3 is 0 Å². The number of benzene rings is 3. The third-order valence-corrected chi connectivity index (χ3v) is 9.05. The highest BCUT2D eigenvalue weighted by Crippen LogP contribution is 2.45. The molecule has 2 aliphatic rings. The molecule has 0 aliphatic carbocycles. The predicted molar refractivity (Wildman–Crippen MR) is 165 cm³/mol. The van der Waals surface area contributed by atoms with Crippen molar-refractivity contribution in [1.82, 2.24) is 0 Å². The fourth-order valence-electron chi connectivity index (χ4n) is 6.16. The number of anilines is 2. The zero-order valence-electron chi connectivity index (χ0n) is 23.9. The highest BCUT2D eigenvalue weighted by Gasteiger charge is 2.44. The summed E-state index contributed by atoms with van der Waals surface area (Å²) in [7, 11) is -4.28. The molecular formula is C34H39N2O3S+. The normalized spacial score (nSPS) is 15.8. The second-order valence-electron chi connectivity index (χ2n) is 11.1. The molecule has 6 heteroatoms. The van der Waals surface area contributed by atoms with Crippen molar-refractivity contribution in [2.75, 3.05) is 18.0 Å². The number of nitrogens with zero attached hydrogens (tertiary/aromatic N) is 2. The molecule has 2 heterocycles. The summed E-state index contributed by atoms with van der Waals surface area (Å²) >= 11 is 0. The second-order valence-corrected chi connectivity index (χ2v) is 12.5. The van der Waals surface area contributed by atoms with E-state index in [4.69, 9.17) is 0 Å². The van der Waals surface area contributed by atoms with Crippen molar-refractivity contribution in [2.45, 2.75) is 63.7 Å². The van der Waals surface area contributed by atoms with E-state index in [2.05, 4.69) is 104 Å². The standard InChI is InChI=1S/C34H38N2O3S/c1-5-7-8-13-23-36-30-18-11-9-15-27(30)26(28-16-10-12-19-31(28)36)17-14-20-33-34(3,4)29-24-25(40(37,38)39)21-22-32(29)35(33)6-2/h9-12,14-22,24H,5-8,13,23H2,1-4H3/p+1. The monoisotopic (exact) mass is 555 g/mol. The first-order valence-electron chi connectivity index (χ1n) is 14.3. The molecule has 3 aromatic rings. The Morgan fingerprint density at radius 3 is 2.15 bits per heavy atom. The smallest absolute Gasteiger partial charge is 0.294 e. The Hall–Kier alpha value is -3.48. The molecule has 0 saturated heterocycles. The van der Waals surface area contributed by atoms with Gasteiger partial charge in [-0.25, -0.2) is 0 Å². The zero-order chi connectivity index (χ0) is 28.5. The largest absolute Gasteiger partial charge is 0.340 e. The topological polar surface area (TPSA) is 60.6 Å². The number of para-hydroxylation sites is 2. The molecule has 0 fully saturated rings. The highest BCUT2D eigenvalue weighted by atomic mass is 32.2. The van der Waals surface area contributed by atoms with Crippen LogP contribution in [0.2, 0.25) is 0 Å². The molecule has 0 atom stereocenters. The molecule has 0 saturated carbocycles. The lowest BCUT2D eigenvalue weighted by molar-refractivity contribution is -0.433. The number of allylic oxidation sites excluding steroid dienone is 3. The van der Waals surface area contributed by atoms with Crippen LogP contribution >= 0.6 is 0 Å². The highest BCUT2D eigenvalue weighted by molar-refractivity contribution is 7.85. The summed E-state index contributed by atoms with van der Waals surface area (Å²) < 4.78 is 35.6. The van der Waals surface area contributed by atoms with Crippen LogP contribution in [0.3, 0.4) is 0 Å². The van der Waals surface area contributed by atoms with Gasteiger partial charge in [0.1, 0.15) is 6.54 Å². The van der Waals surface area contributed by atoms with Gasteiger partial charge < -0.3 is 4.90 Å². The van der Waals surface area contributed by atoms with Gasteiger partial charge in [0.05, 0.1) is 10.3 Å². The maximum absolute atomic E-state index is 11.8. The summed E-state index contributed by atoms with van der Waals surface area (Å²) in [5.74, 6) is 0. The lowest BCUT2D eigenvalue weighted by Crippen LogP contribution is -2.27. The van der Waals surface area contributed by atoms with E-state index >= 15 is 0 Å². The molecule has 0 unspecified atom stereocenters. The Balaban J connectivity index is 1.54. The van der Waals surface area contributed by atoms with Crippen LogP contribution < -0.4 is 4.90 Å². The van der Waals surface area contributed by atoms with Gasteiger partial charge in [-0.15, -0.1) is 0 Å². The average Bonchev–Trinajstić information content (AvgIpc) is 3.16. The molecule has 0 bridgehead atoms. The first-order valence-corrected chi connectivity index (χ1v) is 15.7. The molecule has 0 amide bonds. The van der Waals surface area contributed by atoms with Gasteiger partial charge in [0.25, 0.3) is 10.1 Å². The van der Waals surface area contributed by atoms with E-state index in [-0.39, 0.29) is 4.90 Å². The minimum atomic E-state index is -4.28. The van der Waals surface area contributed by atoms with Crippen molar-refractivity contribution >= 4 is 38.5 Å². The predicted octanol–water partition coefficient (Wildman–Crippen LogP) is 8.05. The van der Waals surface area contributed by atoms with Gasteiger partial charge in [-0.3, -0.25) is 4.55 Å². The van der Waals surface area contributed by atoms with Crippen LogP contribution in [-0.4, -0.2) is 36.3 Å². The van der Waals surface area contributed by atoms with E-state index < -0.39 is 15.5 Å². The molecule has 0 radical (unpaired) electrons. The summed E-state index contributed by atoms with van der Waals surface area (Å²) in [6.07, 6.45) is 11.4. The summed E-state index contributed by atoms with van der Waals surface area (Å²) in [5, 5.41) is 0. The van der Waals surface area contributed by atoms with Crippen LogP contribution in [-0.2, 0) is 15.5 Å². The van der Waals surface area contributed by atoms with Crippen molar-refractivity contribution in [3.63, 3.8) is 0 Å². The number of unbranched alkanes of at least 4 members (excludes halogenated alkanes) is 3. The van der Waals surface area contributed by atoms with Crippen LogP contribution in [0.4, 0.5) is 17.1 Å². The maximum atomic E-state index is 11.8. The van der Waals surface area contributed by atoms with Crippen LogP contribution in [0.15, 0.2) is 89.9 Å². The minimum Gasteiger partial charge on any atom is -0.340 e. The Morgan fingerprint density at radius 1 is 0.900 bits per heavy atom. The Morgan fingerprint density at radius 2 is 1.55 bits per heavy atom. The van der Waals surface area contributed by atoms with Crippen molar-refractivity contribution < 1.29 is 17.5 Å². The number of hydrogen-bond donors (Lipinski definition) is 1. The van der Waals surface area contributed by atoms with E-state index in [0.717, 1.165) is 36.5 Å². The van der Waals surface area contributed by atoms with Gasteiger partial charge in [-0.1, -0.05) is 74.7 Å². The molecule has 5 nitrogen and oxygen atoms in total. The van der Waals surface area contributed by atoms with E-state index in [1.165, 1.54) is 53.4 Å². The van der Waals surface area contributed by atoms with Crippen LogP contribution in [0.5, 0.6) is 0 Å². The first kappa shape index (κ1) is 28.1. The lowest BCUT2D eigenvalue weighted by atomic mass is 9.81. The zero-order valence-corrected chi connectivity index (χ0v) is 24.7. The summed E-state index contributed by atoms with van der Waals surface area (Å²) in [6, 6.07) is 22.2. The molecule has 0 aromatic heterocycles. The van der Waals surface area contributed by atoms with Gasteiger partial charge in [-0.05, 0) is 57.0 Å². The number of fused-ring (bicyclic) bond motifs is 3. The minimum absolute atomic E-state index is 0.0719. The first-order chi connectivity index (χ1) is 19.2. The van der Waals surface area contributed by atoms with Crippen molar-refractivity contribution in [1.29, 1.82) is 0 Å². The summed E-state index contributed by atoms with van der Waals surface area (Å²) in [4.78, 5) is 2.40. The van der Waals surface area contributed by atoms with Gasteiger partial charge in [0.2, 0.25) is 5.69 Å². The Bertz CT molecular complexity index is 1580. The van der Waals surface area contributed by atoms with Crippen molar-refractivity contribution in [2.24, 2.45) is 0 Å². The molecule has 0 spiro atoms. The lowest BCUT2D eigenvalue weighted by Gasteiger charge is -2.34. The average molecular weight is 556 g/mol. The van der Waals surface area contributed by atoms with E-state index in [1.807, 2.05) is 0 Å². The summed E-state index contributed by atoms with van der Waals surface area (Å²) in [6.45, 7) is 10.3. The van der Waals surface area contributed by atoms with Crippen LogP contribution in [0.25, 0.3) is 5.57 Å². The molecular weight excluding hydrogens is 516 g/mol. The molecule has 208 valence electrons. The third kappa shape index (κ3) is 5.06. The Kier molecular flexibility index (Phi) is 7.85. The van der Waals surface area contributed by atoms with Crippen molar-refractivity contribution in [3.05, 3.63) is 102 Å². The van der Waals surface area contributed by atoms with Gasteiger partial charge in [0, 0.05) is 46.8 Å². The maximum Gasteiger partial charge on any atom is 0.294 e. The third-order valence-electron chi connectivity index (χ3n) is 8.20. The van der Waals surface area contributed by atoms with E-state index in [1.54, 1.807) is 12.1 Å². The molecule has 1 N–H and O–H groups in total. The molecule has 3 aromatic carbocycles. The Labute approximate surface area is 238 Å². The van der Waals surface area contributed by atoms with E-state index in [0.29, 0.717) is 0 Å². The van der Waals surface area contributed by atoms with Crippen LogP contribution in [0, 0.1) is 0 Å². The van der Waals surface area contributed by atoms with Crippen molar-refractivity contribution in [3.8, 4) is 0 Å². The number of hydrogen-bond acceptors (Lipinski definition) is 3. The summed E-state index contributed by atoms with van der Waals surface area (Å²) in [5.41, 5.74) is 8.65. The number of rotatable bonds is 9. The second kappa shape index (κ2) is 11.2. The fourth-order valence-corrected chi connectivity index (χ4v) is 6.66.